The molecule has 0 saturated carbocycles. The van der Waals surface area contributed by atoms with E-state index in [1.54, 1.807) is 13.0 Å². The number of likely N-dealkylation sites (tertiary alicyclic amines) is 1. The van der Waals surface area contributed by atoms with Crippen molar-refractivity contribution >= 4 is 49.9 Å². The number of nitrogens with one attached hydrogen (secondary N) is 1. The second-order valence-electron chi connectivity index (χ2n) is 9.90. The zero-order valence-electron chi connectivity index (χ0n) is 21.5. The van der Waals surface area contributed by atoms with E-state index in [0.717, 1.165) is 10.3 Å². The van der Waals surface area contributed by atoms with Crippen molar-refractivity contribution in [1.29, 1.82) is 0 Å². The van der Waals surface area contributed by atoms with Gasteiger partial charge in [-0.1, -0.05) is 24.3 Å². The molecule has 0 spiro atoms. The van der Waals surface area contributed by atoms with Crippen LogP contribution >= 0.6 is 11.3 Å². The third kappa shape index (κ3) is 4.51. The first kappa shape index (κ1) is 26.4. The zero-order chi connectivity index (χ0) is 28.0. The van der Waals surface area contributed by atoms with Crippen LogP contribution in [0.1, 0.15) is 27.4 Å². The molecule has 206 valence electrons. The lowest BCUT2D eigenvalue weighted by molar-refractivity contribution is -0.138. The highest BCUT2D eigenvalue weighted by Gasteiger charge is 2.54. The molecule has 0 aliphatic carbocycles. The highest BCUT2D eigenvalue weighted by Crippen LogP contribution is 2.34. The number of benzene rings is 1. The third-order valence-corrected chi connectivity index (χ3v) is 10.3. The van der Waals surface area contributed by atoms with E-state index in [0.29, 0.717) is 17.6 Å². The number of carbonyl (C=O) groups excluding carboxylic acids is 3. The third-order valence-electron chi connectivity index (χ3n) is 7.54. The predicted octanol–water partition coefficient (Wildman–Crippen LogP) is 2.78. The molecule has 3 aromatic heterocycles. The molecule has 2 aliphatic rings. The van der Waals surface area contributed by atoms with Gasteiger partial charge in [0.1, 0.15) is 22.6 Å². The summed E-state index contributed by atoms with van der Waals surface area (Å²) in [6.07, 6.45) is 3.25. The molecule has 2 fully saturated rings. The van der Waals surface area contributed by atoms with Crippen LogP contribution in [-0.2, 0) is 26.0 Å². The van der Waals surface area contributed by atoms with Gasteiger partial charge in [-0.05, 0) is 43.0 Å². The maximum absolute atomic E-state index is 14.0. The molecule has 1 N–H and O–H groups in total. The van der Waals surface area contributed by atoms with Crippen LogP contribution in [0.15, 0.2) is 75.6 Å². The van der Waals surface area contributed by atoms with Gasteiger partial charge in [0.2, 0.25) is 15.9 Å². The number of nitrogens with zero attached hydrogens (tertiary/aromatic N) is 3. The number of carbonyl (C=O) groups is 3. The van der Waals surface area contributed by atoms with Crippen molar-refractivity contribution < 1.29 is 27.2 Å². The zero-order valence-corrected chi connectivity index (χ0v) is 23.2. The summed E-state index contributed by atoms with van der Waals surface area (Å²) >= 11 is 1.46. The topological polar surface area (TPSA) is 130 Å². The number of para-hydroxylation sites is 1. The van der Waals surface area contributed by atoms with Gasteiger partial charge in [0, 0.05) is 41.2 Å². The van der Waals surface area contributed by atoms with E-state index >= 15 is 0 Å². The lowest BCUT2D eigenvalue weighted by Crippen LogP contribution is -2.53. The van der Waals surface area contributed by atoms with Crippen molar-refractivity contribution in [2.45, 2.75) is 42.8 Å². The van der Waals surface area contributed by atoms with Gasteiger partial charge in [0.25, 0.3) is 5.91 Å². The molecule has 0 radical (unpaired) electrons. The smallest absolute Gasteiger partial charge is 0.287 e. The van der Waals surface area contributed by atoms with E-state index in [2.05, 4.69) is 10.3 Å². The van der Waals surface area contributed by atoms with Crippen LogP contribution in [0.2, 0.25) is 0 Å². The minimum Gasteiger partial charge on any atom is -0.451 e. The molecule has 2 saturated heterocycles. The van der Waals surface area contributed by atoms with Crippen molar-refractivity contribution in [1.82, 2.24) is 19.5 Å². The van der Waals surface area contributed by atoms with Crippen molar-refractivity contribution in [3.63, 3.8) is 0 Å². The number of aryl methyl sites for hydroxylation is 1. The molecular formula is C28H26N4O6S2. The number of Topliss-reactive ketones (excluding diaryl/α,β-unsaturated/α-hetero) is 1. The molecule has 1 aromatic carbocycles. The van der Waals surface area contributed by atoms with Crippen LogP contribution in [0.25, 0.3) is 11.0 Å². The Morgan fingerprint density at radius 3 is 2.73 bits per heavy atom. The van der Waals surface area contributed by atoms with E-state index in [9.17, 15) is 22.8 Å². The van der Waals surface area contributed by atoms with Gasteiger partial charge in [0.05, 0.1) is 12.6 Å². The van der Waals surface area contributed by atoms with Crippen LogP contribution in [0.3, 0.4) is 0 Å². The van der Waals surface area contributed by atoms with E-state index in [-0.39, 0.29) is 35.9 Å². The predicted molar refractivity (Wildman–Crippen MR) is 147 cm³/mol. The molecule has 3 unspecified atom stereocenters. The molecule has 40 heavy (non-hydrogen) atoms. The number of furan rings is 1. The Morgan fingerprint density at radius 2 is 2.00 bits per heavy atom. The number of thiophene rings is 1. The second-order valence-corrected chi connectivity index (χ2v) is 12.8. The molecule has 6 rings (SSSR count). The van der Waals surface area contributed by atoms with Crippen LogP contribution < -0.4 is 5.32 Å². The number of sulfonamides is 1. The Morgan fingerprint density at radius 1 is 1.18 bits per heavy atom. The monoisotopic (exact) mass is 578 g/mol. The molecule has 4 aromatic rings. The van der Waals surface area contributed by atoms with Gasteiger partial charge < -0.3 is 14.6 Å². The number of aromatic nitrogens is 1. The molecule has 2 aliphatic heterocycles. The highest BCUT2D eigenvalue weighted by molar-refractivity contribution is 7.89. The van der Waals surface area contributed by atoms with E-state index in [1.165, 1.54) is 45.1 Å². The number of amides is 2. The van der Waals surface area contributed by atoms with Crippen LogP contribution in [0.5, 0.6) is 0 Å². The number of ketones is 1. The number of pyridine rings is 1. The Bertz CT molecular complexity index is 1700. The van der Waals surface area contributed by atoms with Gasteiger partial charge in [-0.15, -0.1) is 11.3 Å². The minimum absolute atomic E-state index is 0.00253. The van der Waals surface area contributed by atoms with Crippen LogP contribution in [-0.4, -0.2) is 71.4 Å². The molecule has 10 nitrogen and oxygen atoms in total. The summed E-state index contributed by atoms with van der Waals surface area (Å²) < 4.78 is 33.6. The largest absolute Gasteiger partial charge is 0.451 e. The van der Waals surface area contributed by atoms with Crippen LogP contribution in [0, 0.1) is 6.92 Å². The lowest BCUT2D eigenvalue weighted by atomic mass is 10.1. The van der Waals surface area contributed by atoms with Crippen molar-refractivity contribution in [3.05, 3.63) is 82.5 Å². The summed E-state index contributed by atoms with van der Waals surface area (Å²) in [7, 11) is -3.98. The molecule has 0 bridgehead atoms. The first-order valence-corrected chi connectivity index (χ1v) is 15.1. The first-order valence-electron chi connectivity index (χ1n) is 12.8. The number of rotatable bonds is 7. The molecule has 5 heterocycles. The summed E-state index contributed by atoms with van der Waals surface area (Å²) in [5, 5.41) is 5.54. The normalized spacial score (nSPS) is 20.1. The Kier molecular flexibility index (Phi) is 6.77. The van der Waals surface area contributed by atoms with E-state index in [4.69, 9.17) is 4.42 Å². The second kappa shape index (κ2) is 10.3. The average Bonchev–Trinajstić information content (AvgIpc) is 3.75. The maximum atomic E-state index is 14.0. The van der Waals surface area contributed by atoms with Crippen molar-refractivity contribution in [2.24, 2.45) is 0 Å². The van der Waals surface area contributed by atoms with Gasteiger partial charge in [-0.3, -0.25) is 19.4 Å². The lowest BCUT2D eigenvalue weighted by Gasteiger charge is -2.28. The van der Waals surface area contributed by atoms with Crippen LogP contribution in [0.4, 0.5) is 0 Å². The Labute approximate surface area is 234 Å². The fourth-order valence-electron chi connectivity index (χ4n) is 5.62. The SMILES string of the molecule is Cc1c(C(=O)NC(Cc2cccs2)C(=O)N2CCC3C2C(=O)CN3S(=O)(=O)c2cccnc2)oc2ccccc12. The Balaban J connectivity index is 1.27. The molecule has 3 atom stereocenters. The van der Waals surface area contributed by atoms with Gasteiger partial charge >= 0.3 is 0 Å². The maximum Gasteiger partial charge on any atom is 0.287 e. The fraction of sp³-hybridized carbons (Fsp3) is 0.286. The summed E-state index contributed by atoms with van der Waals surface area (Å²) in [5.74, 6) is -1.19. The Hall–Kier alpha value is -3.87. The number of hydrogen-bond acceptors (Lipinski definition) is 8. The summed E-state index contributed by atoms with van der Waals surface area (Å²) in [5.41, 5.74) is 1.24. The van der Waals surface area contributed by atoms with Crippen molar-refractivity contribution in [2.75, 3.05) is 13.1 Å². The standard InChI is InChI=1S/C28H26N4O6S2/c1-17-20-8-2-3-9-24(20)38-26(17)27(34)30-21(14-18-6-5-13-39-18)28(35)31-12-10-22-25(31)23(33)16-32(22)40(36,37)19-7-4-11-29-15-19/h2-9,11,13,15,21-22,25H,10,12,14,16H2,1H3,(H,30,34). The van der Waals surface area contributed by atoms with E-state index in [1.807, 2.05) is 35.7 Å². The first-order chi connectivity index (χ1) is 19.3. The quantitative estimate of drug-likeness (QED) is 0.357. The molecular weight excluding hydrogens is 552 g/mol. The number of hydrogen-bond donors (Lipinski definition) is 1. The average molecular weight is 579 g/mol. The number of fused-ring (bicyclic) bond motifs is 2. The van der Waals surface area contributed by atoms with Gasteiger partial charge in [-0.2, -0.15) is 4.31 Å². The van der Waals surface area contributed by atoms with Gasteiger partial charge in [-0.25, -0.2) is 8.42 Å². The minimum atomic E-state index is -3.98. The molecule has 12 heteroatoms. The molecule has 2 amide bonds. The summed E-state index contributed by atoms with van der Waals surface area (Å²) in [6, 6.07) is 11.4. The fourth-order valence-corrected chi connectivity index (χ4v) is 7.96. The summed E-state index contributed by atoms with van der Waals surface area (Å²) in [6.45, 7) is 1.66. The van der Waals surface area contributed by atoms with Crippen molar-refractivity contribution in [3.8, 4) is 0 Å². The summed E-state index contributed by atoms with van der Waals surface area (Å²) in [4.78, 5) is 46.7. The highest BCUT2D eigenvalue weighted by atomic mass is 32.2. The van der Waals surface area contributed by atoms with Gasteiger partial charge in [0.15, 0.2) is 11.5 Å². The van der Waals surface area contributed by atoms with E-state index < -0.39 is 40.0 Å².